The molecule has 0 spiro atoms. The zero-order valence-corrected chi connectivity index (χ0v) is 18.4. The van der Waals surface area contributed by atoms with Crippen molar-refractivity contribution in [1.29, 1.82) is 0 Å². The lowest BCUT2D eigenvalue weighted by molar-refractivity contribution is 0.00798. The number of morpholine rings is 1. The molecular weight excluding hydrogens is 425 g/mol. The number of hydrogen-bond acceptors (Lipinski definition) is 7. The molecule has 2 N–H and O–H groups in total. The Balaban J connectivity index is 1.45. The minimum atomic E-state index is -0.556. The van der Waals surface area contributed by atoms with Crippen molar-refractivity contribution in [1.82, 2.24) is 29.7 Å². The van der Waals surface area contributed by atoms with E-state index in [1.807, 2.05) is 31.3 Å². The molecule has 10 heteroatoms. The molecule has 9 nitrogen and oxygen atoms in total. The summed E-state index contributed by atoms with van der Waals surface area (Å²) in [6, 6.07) is 12.0. The summed E-state index contributed by atoms with van der Waals surface area (Å²) in [5.74, 6) is 1.44. The van der Waals surface area contributed by atoms with Crippen molar-refractivity contribution in [2.24, 2.45) is 0 Å². The first kappa shape index (κ1) is 21.5. The van der Waals surface area contributed by atoms with Gasteiger partial charge in [-0.15, -0.1) is 5.10 Å². The van der Waals surface area contributed by atoms with E-state index in [-0.39, 0.29) is 5.82 Å². The number of aromatic amines is 1. The molecular formula is C23H26FN7O2. The van der Waals surface area contributed by atoms with E-state index < -0.39 is 6.10 Å². The van der Waals surface area contributed by atoms with Crippen molar-refractivity contribution in [3.8, 4) is 0 Å². The van der Waals surface area contributed by atoms with Gasteiger partial charge in [0.1, 0.15) is 17.4 Å². The van der Waals surface area contributed by atoms with Gasteiger partial charge in [0, 0.05) is 37.6 Å². The summed E-state index contributed by atoms with van der Waals surface area (Å²) in [5.41, 5.74) is 2.53. The maximum Gasteiger partial charge on any atom is 0.184 e. The number of anilines is 2. The summed E-state index contributed by atoms with van der Waals surface area (Å²) < 4.78 is 27.1. The van der Waals surface area contributed by atoms with Crippen molar-refractivity contribution in [3.05, 3.63) is 71.6 Å². The Morgan fingerprint density at radius 3 is 2.79 bits per heavy atom. The largest absolute Gasteiger partial charge is 0.379 e. The number of hydrogen-bond donors (Lipinski definition) is 2. The molecule has 1 aromatic carbocycles. The van der Waals surface area contributed by atoms with E-state index in [9.17, 15) is 4.39 Å². The minimum Gasteiger partial charge on any atom is -0.379 e. The predicted molar refractivity (Wildman–Crippen MR) is 121 cm³/mol. The van der Waals surface area contributed by atoms with Gasteiger partial charge in [-0.3, -0.25) is 10.00 Å². The van der Waals surface area contributed by atoms with Gasteiger partial charge < -0.3 is 14.8 Å². The molecule has 5 rings (SSSR count). The summed E-state index contributed by atoms with van der Waals surface area (Å²) in [7, 11) is 0. The third-order valence-electron chi connectivity index (χ3n) is 5.56. The van der Waals surface area contributed by atoms with Gasteiger partial charge in [-0.05, 0) is 36.8 Å². The second-order valence-electron chi connectivity index (χ2n) is 7.97. The zero-order chi connectivity index (χ0) is 22.6. The predicted octanol–water partition coefficient (Wildman–Crippen LogP) is 3.08. The van der Waals surface area contributed by atoms with E-state index in [4.69, 9.17) is 19.6 Å². The fraction of sp³-hybridized carbons (Fsp3) is 0.348. The Bertz CT molecular complexity index is 1200. The molecule has 1 aliphatic rings. The maximum atomic E-state index is 13.6. The molecule has 0 aliphatic carbocycles. The number of aromatic nitrogens is 5. The first-order chi connectivity index (χ1) is 16.2. The molecule has 33 heavy (non-hydrogen) atoms. The van der Waals surface area contributed by atoms with Crippen LogP contribution in [0.3, 0.4) is 0 Å². The summed E-state index contributed by atoms with van der Waals surface area (Å²) in [4.78, 5) is 7.09. The lowest BCUT2D eigenvalue weighted by Gasteiger charge is -2.27. The van der Waals surface area contributed by atoms with Crippen LogP contribution in [-0.4, -0.2) is 69.2 Å². The number of benzene rings is 1. The maximum absolute atomic E-state index is 13.6. The Kier molecular flexibility index (Phi) is 6.29. The quantitative estimate of drug-likeness (QED) is 0.425. The number of rotatable bonds is 8. The van der Waals surface area contributed by atoms with Gasteiger partial charge in [0.05, 0.1) is 19.8 Å². The summed E-state index contributed by atoms with van der Waals surface area (Å²) in [6.45, 7) is 6.41. The molecule has 0 saturated carbocycles. The first-order valence-electron chi connectivity index (χ1n) is 11.0. The highest BCUT2D eigenvalue weighted by molar-refractivity contribution is 5.72. The molecule has 1 unspecified atom stereocenters. The van der Waals surface area contributed by atoms with Crippen LogP contribution in [0.2, 0.25) is 0 Å². The fourth-order valence-electron chi connectivity index (χ4n) is 3.84. The highest BCUT2D eigenvalue weighted by atomic mass is 19.1. The number of aryl methyl sites for hydroxylation is 1. The van der Waals surface area contributed by atoms with Gasteiger partial charge in [0.25, 0.3) is 0 Å². The number of H-pyrrole nitrogens is 1. The van der Waals surface area contributed by atoms with E-state index in [0.29, 0.717) is 24.1 Å². The molecule has 3 aromatic heterocycles. The van der Waals surface area contributed by atoms with Crippen LogP contribution in [0.1, 0.15) is 23.2 Å². The van der Waals surface area contributed by atoms with Gasteiger partial charge in [-0.2, -0.15) is 5.10 Å². The van der Waals surface area contributed by atoms with Crippen molar-refractivity contribution < 1.29 is 13.9 Å². The average molecular weight is 452 g/mol. The lowest BCUT2D eigenvalue weighted by Crippen LogP contribution is -2.38. The van der Waals surface area contributed by atoms with Crippen molar-refractivity contribution in [2.75, 3.05) is 44.8 Å². The van der Waals surface area contributed by atoms with Crippen LogP contribution in [0.15, 0.2) is 48.7 Å². The molecule has 172 valence electrons. The highest BCUT2D eigenvalue weighted by Crippen LogP contribution is 2.27. The molecule has 0 bridgehead atoms. The molecule has 1 saturated heterocycles. The summed E-state index contributed by atoms with van der Waals surface area (Å²) in [6.07, 6.45) is 1.30. The van der Waals surface area contributed by atoms with Crippen LogP contribution in [0.25, 0.3) is 5.52 Å². The van der Waals surface area contributed by atoms with Gasteiger partial charge >= 0.3 is 0 Å². The Labute approximate surface area is 190 Å². The van der Waals surface area contributed by atoms with Gasteiger partial charge in [-0.1, -0.05) is 12.1 Å². The van der Waals surface area contributed by atoms with Crippen LogP contribution >= 0.6 is 0 Å². The van der Waals surface area contributed by atoms with E-state index in [0.717, 1.165) is 49.6 Å². The highest BCUT2D eigenvalue weighted by Gasteiger charge is 2.22. The fourth-order valence-corrected chi connectivity index (χ4v) is 3.84. The van der Waals surface area contributed by atoms with Crippen LogP contribution < -0.4 is 5.32 Å². The Morgan fingerprint density at radius 1 is 1.21 bits per heavy atom. The monoisotopic (exact) mass is 451 g/mol. The molecule has 0 radical (unpaired) electrons. The van der Waals surface area contributed by atoms with Crippen LogP contribution in [0, 0.1) is 12.7 Å². The van der Waals surface area contributed by atoms with Gasteiger partial charge in [-0.25, -0.2) is 13.9 Å². The van der Waals surface area contributed by atoms with Gasteiger partial charge in [0.2, 0.25) is 0 Å². The van der Waals surface area contributed by atoms with Crippen molar-refractivity contribution in [3.63, 3.8) is 0 Å². The lowest BCUT2D eigenvalue weighted by atomic mass is 10.1. The number of halogens is 1. The van der Waals surface area contributed by atoms with E-state index in [2.05, 4.69) is 20.4 Å². The Morgan fingerprint density at radius 2 is 2.03 bits per heavy atom. The van der Waals surface area contributed by atoms with Crippen LogP contribution in [0.5, 0.6) is 0 Å². The second-order valence-corrected chi connectivity index (χ2v) is 7.97. The molecule has 1 atom stereocenters. The van der Waals surface area contributed by atoms with Crippen LogP contribution in [-0.2, 0) is 9.47 Å². The Hall–Kier alpha value is -3.34. The van der Waals surface area contributed by atoms with Gasteiger partial charge in [0.15, 0.2) is 17.5 Å². The SMILES string of the molecule is Cc1cc(Nc2nc(C(OCCN3CCOCC3)c3ccc(F)cc3)nn3cccc23)n[nH]1. The van der Waals surface area contributed by atoms with Crippen molar-refractivity contribution >= 4 is 17.2 Å². The third kappa shape index (κ3) is 5.03. The second kappa shape index (κ2) is 9.65. The standard InChI is InChI=1S/C23H26FN7O2/c1-16-15-20(28-27-16)25-22-19-3-2-8-31(19)29-23(26-22)21(17-4-6-18(24)7-5-17)33-14-11-30-9-12-32-13-10-30/h2-8,15,21H,9-14H2,1H3,(H2,25,26,27,28,29). The minimum absolute atomic E-state index is 0.302. The van der Waals surface area contributed by atoms with Crippen LogP contribution in [0.4, 0.5) is 16.0 Å². The summed E-state index contributed by atoms with van der Waals surface area (Å²) in [5, 5.41) is 15.1. The molecule has 4 aromatic rings. The molecule has 4 heterocycles. The molecule has 0 amide bonds. The first-order valence-corrected chi connectivity index (χ1v) is 11.0. The van der Waals surface area contributed by atoms with E-state index >= 15 is 0 Å². The summed E-state index contributed by atoms with van der Waals surface area (Å²) >= 11 is 0. The number of ether oxygens (including phenoxy) is 2. The number of nitrogens with zero attached hydrogens (tertiary/aromatic N) is 5. The van der Waals surface area contributed by atoms with Crippen molar-refractivity contribution in [2.45, 2.75) is 13.0 Å². The van der Waals surface area contributed by atoms with E-state index in [1.54, 1.807) is 16.6 Å². The zero-order valence-electron chi connectivity index (χ0n) is 18.4. The smallest absolute Gasteiger partial charge is 0.184 e. The number of fused-ring (bicyclic) bond motifs is 1. The number of nitrogens with one attached hydrogen (secondary N) is 2. The molecule has 1 aliphatic heterocycles. The topological polar surface area (TPSA) is 92.6 Å². The third-order valence-corrected chi connectivity index (χ3v) is 5.56. The average Bonchev–Trinajstić information content (AvgIpc) is 3.47. The van der Waals surface area contributed by atoms with E-state index in [1.165, 1.54) is 12.1 Å². The normalized spacial score (nSPS) is 15.7. The molecule has 1 fully saturated rings.